The third-order valence-electron chi connectivity index (χ3n) is 26.2. The monoisotopic (exact) mass is 1970 g/mol. The standard InChI is InChI=1S/C56H62N4O9S.C55H59N5O9S.B.Na.H/c1-6-18-66-20-21-67-19-17-58(35-56(3,4)70-34-53(61)62)43-24-37(32-68-50-30-47-46(22-36(50)2)55(64)60-44(31-57-47)27-41-12-8-10-14-49(41)60)23-38(25-43)33-69-52-28-39-15-16-42-26-40-11-7-9-13-48(40)59(42)54(63)45(39)29-51(52)65-5;1-6-16-66-18-19-67-17-15-58(34-55(3,4)70-33-52(61)62)40-22-36(31-68-49-27-45-43(20-35(49)2)53(63)59-41(29-56-45)24-38-11-7-9-13-47(38)59)21-37(23-40)32-69-51-28-46-44(26-50(51)65-5)54(64)60-42(30-57-46)25-39-12-8-10-14-48(39)60;;;/h7-14,22-25,28-31,42,44H,6,15-21,26-27,32-35H2,1-5H3,(H,61,62);7-14,20-23,26-30,41-42H,6,15-19,24-25,31-34H2,1-5H3,(H,61,62);;;/q;;;+1;-1/t42-,44+;41-,42-;;;/m10.../s1. The Balaban J connectivity index is 0.000000222. The maximum Gasteiger partial charge on any atom is 1.00 e. The number of rotatable bonds is 42. The summed E-state index contributed by atoms with van der Waals surface area (Å²) in [5.41, 5.74) is 19.7. The van der Waals surface area contributed by atoms with Crippen molar-refractivity contribution in [1.29, 1.82) is 0 Å². The van der Waals surface area contributed by atoms with E-state index in [-0.39, 0.29) is 125 Å². The van der Waals surface area contributed by atoms with E-state index in [1.165, 1.54) is 29.1 Å². The van der Waals surface area contributed by atoms with Crippen LogP contribution in [0.3, 0.4) is 0 Å². The van der Waals surface area contributed by atoms with Gasteiger partial charge in [-0.1, -0.05) is 86.6 Å². The molecule has 4 amide bonds. The first-order chi connectivity index (χ1) is 67.8. The number of anilines is 6. The number of carboxylic acids is 2. The van der Waals surface area contributed by atoms with Crippen LogP contribution in [0.15, 0.2) is 197 Å². The van der Waals surface area contributed by atoms with E-state index in [1.807, 2.05) is 182 Å². The van der Waals surface area contributed by atoms with Crippen LogP contribution in [0.25, 0.3) is 0 Å². The topological polar surface area (TPSA) is 292 Å². The molecule has 8 aliphatic rings. The fourth-order valence-electron chi connectivity index (χ4n) is 19.5. The second-order valence-electron chi connectivity index (χ2n) is 37.6. The molecule has 8 heterocycles. The van der Waals surface area contributed by atoms with Crippen LogP contribution in [0.1, 0.15) is 165 Å². The molecule has 31 heteroatoms. The van der Waals surface area contributed by atoms with Crippen LogP contribution < -0.4 is 87.4 Å². The molecule has 0 spiro atoms. The van der Waals surface area contributed by atoms with Crippen molar-refractivity contribution in [3.05, 3.63) is 265 Å². The molecule has 18 rings (SSSR count). The van der Waals surface area contributed by atoms with E-state index in [0.29, 0.717) is 172 Å². The van der Waals surface area contributed by atoms with E-state index in [0.717, 1.165) is 122 Å². The summed E-state index contributed by atoms with van der Waals surface area (Å²) in [5, 5.41) is 19.2. The third kappa shape index (κ3) is 24.2. The predicted molar refractivity (Wildman–Crippen MR) is 558 cm³/mol. The number of thioether (sulfide) groups is 2. The molecule has 0 aromatic heterocycles. The Morgan fingerprint density at radius 1 is 0.408 bits per heavy atom. The number of nitrogens with zero attached hydrogens (tertiary/aromatic N) is 9. The predicted octanol–water partition coefficient (Wildman–Crippen LogP) is 16.1. The van der Waals surface area contributed by atoms with E-state index in [1.54, 1.807) is 31.3 Å². The van der Waals surface area contributed by atoms with Crippen LogP contribution >= 0.6 is 23.5 Å². The minimum absolute atomic E-state index is 0. The summed E-state index contributed by atoms with van der Waals surface area (Å²) >= 11 is 2.77. The number of fused-ring (bicyclic) bond motifs is 16. The van der Waals surface area contributed by atoms with E-state index in [2.05, 4.69) is 86.0 Å². The molecule has 0 saturated heterocycles. The largest absolute Gasteiger partial charge is 1.00 e. The number of carboxylic acid groups (broad SMARTS) is 2. The van der Waals surface area contributed by atoms with E-state index >= 15 is 0 Å². The number of aryl methyl sites for hydroxylation is 3. The Kier molecular flexibility index (Phi) is 34.6. The van der Waals surface area contributed by atoms with Gasteiger partial charge in [0.05, 0.1) is 117 Å². The fourth-order valence-corrected chi connectivity index (χ4v) is 21.0. The minimum atomic E-state index is -0.874. The molecule has 4 atom stereocenters. The summed E-state index contributed by atoms with van der Waals surface area (Å²) in [7, 11) is 3.14. The number of carbonyl (C=O) groups excluding carboxylic acids is 4. The Hall–Kier alpha value is -12.0. The molecular weight excluding hydrogens is 1850 g/mol. The number of hydrogen-bond acceptors (Lipinski definition) is 23. The third-order valence-corrected chi connectivity index (χ3v) is 28.8. The number of carbonyl (C=O) groups is 6. The Bertz CT molecular complexity index is 6420. The van der Waals surface area contributed by atoms with Crippen molar-refractivity contribution < 1.29 is 117 Å². The second kappa shape index (κ2) is 47.0. The van der Waals surface area contributed by atoms with Crippen molar-refractivity contribution in [3.63, 3.8) is 0 Å². The smallest absolute Gasteiger partial charge is 1.00 e. The van der Waals surface area contributed by atoms with Gasteiger partial charge in [0.15, 0.2) is 23.0 Å². The van der Waals surface area contributed by atoms with Crippen molar-refractivity contribution in [3.8, 4) is 34.5 Å². The quantitative estimate of drug-likeness (QED) is 0.0265. The number of aliphatic imine (C=N–C) groups is 3. The molecule has 8 aliphatic heterocycles. The number of amides is 4. The van der Waals surface area contributed by atoms with Gasteiger partial charge >= 0.3 is 41.5 Å². The number of aliphatic carboxylic acids is 2. The minimum Gasteiger partial charge on any atom is -1.00 e. The number of hydrogen-bond donors (Lipinski definition) is 2. The average molecular weight is 1970 g/mol. The zero-order valence-corrected chi connectivity index (χ0v) is 86.2. The molecule has 0 fully saturated rings. The zero-order chi connectivity index (χ0) is 97.9. The van der Waals surface area contributed by atoms with E-state index < -0.39 is 21.4 Å². The van der Waals surface area contributed by atoms with Gasteiger partial charge in [0.25, 0.3) is 23.6 Å². The van der Waals surface area contributed by atoms with Crippen LogP contribution in [0.2, 0.25) is 0 Å². The molecule has 0 unspecified atom stereocenters. The first-order valence-corrected chi connectivity index (χ1v) is 50.1. The fraction of sp³-hybridized carbons (Fsp3) is 0.378. The van der Waals surface area contributed by atoms with Gasteiger partial charge in [-0.05, 0) is 226 Å². The maximum absolute atomic E-state index is 14.2. The first-order valence-electron chi connectivity index (χ1n) is 48.1. The molecule has 0 saturated carbocycles. The van der Waals surface area contributed by atoms with Crippen LogP contribution in [0.4, 0.5) is 51.2 Å². The Labute approximate surface area is 864 Å². The molecule has 0 aliphatic carbocycles. The molecule has 735 valence electrons. The van der Waals surface area contributed by atoms with Gasteiger partial charge in [-0.15, -0.1) is 23.5 Å². The van der Waals surface area contributed by atoms with Gasteiger partial charge in [0, 0.05) is 159 Å². The molecule has 2 N–H and O–H groups in total. The molecule has 10 aromatic rings. The molecule has 27 nitrogen and oxygen atoms in total. The van der Waals surface area contributed by atoms with E-state index in [9.17, 15) is 39.0 Å². The van der Waals surface area contributed by atoms with Gasteiger partial charge in [-0.3, -0.25) is 58.4 Å². The number of para-hydroxylation sites is 4. The van der Waals surface area contributed by atoms with Gasteiger partial charge in [0.2, 0.25) is 0 Å². The van der Waals surface area contributed by atoms with Gasteiger partial charge in [0.1, 0.15) is 37.9 Å². The van der Waals surface area contributed by atoms with Crippen LogP contribution in [-0.2, 0) is 87.1 Å². The summed E-state index contributed by atoms with van der Waals surface area (Å²) < 4.78 is 60.8. The van der Waals surface area contributed by atoms with Gasteiger partial charge in [-0.2, -0.15) is 0 Å². The van der Waals surface area contributed by atoms with Crippen LogP contribution in [0, 0.1) is 13.8 Å². The molecule has 10 aromatic carbocycles. The zero-order valence-electron chi connectivity index (χ0n) is 83.6. The summed E-state index contributed by atoms with van der Waals surface area (Å²) in [6.45, 7) is 23.1. The van der Waals surface area contributed by atoms with E-state index in [4.69, 9.17) is 62.3 Å². The van der Waals surface area contributed by atoms with Gasteiger partial charge in [-0.25, -0.2) is 0 Å². The molecule has 3 radical (unpaired) electrons. The van der Waals surface area contributed by atoms with Crippen molar-refractivity contribution >= 4 is 137 Å². The molecular formula is C111H122BN9NaO18S2. The normalized spacial score (nSPS) is 16.3. The Morgan fingerprint density at radius 2 is 0.739 bits per heavy atom. The summed E-state index contributed by atoms with van der Waals surface area (Å²) in [6, 6.07) is 58.8. The van der Waals surface area contributed by atoms with Crippen molar-refractivity contribution in [2.45, 2.75) is 167 Å². The summed E-state index contributed by atoms with van der Waals surface area (Å²) in [6.07, 6.45) is 11.9. The van der Waals surface area contributed by atoms with Crippen LogP contribution in [0.5, 0.6) is 34.5 Å². The van der Waals surface area contributed by atoms with Crippen molar-refractivity contribution in [2.24, 2.45) is 15.0 Å². The number of methoxy groups -OCH3 is 2. The van der Waals surface area contributed by atoms with Crippen LogP contribution in [-0.4, -0.2) is 211 Å². The van der Waals surface area contributed by atoms with Crippen molar-refractivity contribution in [1.82, 2.24) is 0 Å². The number of benzene rings is 10. The van der Waals surface area contributed by atoms with Crippen molar-refractivity contribution in [2.75, 3.05) is 134 Å². The molecule has 0 bridgehead atoms. The average Bonchev–Trinajstić information content (AvgIpc) is 1.62. The first kappa shape index (κ1) is 104. The second-order valence-corrected chi connectivity index (χ2v) is 40.9. The Morgan fingerprint density at radius 3 is 1.12 bits per heavy atom. The molecule has 142 heavy (non-hydrogen) atoms. The summed E-state index contributed by atoms with van der Waals surface area (Å²) in [5.74, 6) is 0.906. The maximum atomic E-state index is 14.2. The summed E-state index contributed by atoms with van der Waals surface area (Å²) in [4.78, 5) is 106. The van der Waals surface area contributed by atoms with Gasteiger partial charge < -0.3 is 73.7 Å². The number of ether oxygens (including phenoxy) is 10. The SMILES string of the molecule is CCCOCCOCCN(CC(C)(C)SCC(=O)O)c1cc(COc2cc3c(cc2C)C(=O)N2c4ccccc4C[C@H]2C=N3)cc(COc2cc3c(cc2OC)C(=O)N2c4ccccc4C[C@H]2C=N3)c1.CCCOCCOCCN(CC(C)(C)SCC(=O)O)c1cc(COc2cc3c(cc2C)C(=O)N2c4ccccc4C[C@H]2C=N3)cc(COc2cc3c(cc2OC)C(=O)N2c4ccccc4C[C@H]2CC3)c1.[B].[H-].[Na+].